The van der Waals surface area contributed by atoms with Gasteiger partial charge in [0, 0.05) is 18.1 Å². The van der Waals surface area contributed by atoms with E-state index in [1.165, 1.54) is 23.5 Å². The van der Waals surface area contributed by atoms with Crippen LogP contribution in [-0.4, -0.2) is 51.4 Å². The first kappa shape index (κ1) is 23.9. The summed E-state index contributed by atoms with van der Waals surface area (Å²) in [6.07, 6.45) is 2.08. The number of hydrogen-bond donors (Lipinski definition) is 0. The molecule has 1 aliphatic rings. The highest BCUT2D eigenvalue weighted by atomic mass is 35.5. The molecular weight excluding hydrogens is 484 g/mol. The number of methoxy groups -OCH3 is 1. The standard InChI is InChI=1S/C23H25ClN2O5S2/c1-30-19-6-2-7-20-22(19)25-23(32-20)26(15-17-5-3-13-31-17)21(27)8-4-14-33(28,29)18-11-9-16(24)10-12-18/h2,6-7,9-12,17H,3-5,8,13-15H2,1H3. The molecule has 0 aliphatic carbocycles. The van der Waals surface area contributed by atoms with Gasteiger partial charge in [-0.1, -0.05) is 29.0 Å². The smallest absolute Gasteiger partial charge is 0.228 e. The van der Waals surface area contributed by atoms with Crippen LogP contribution in [0.25, 0.3) is 10.2 Å². The fraction of sp³-hybridized carbons (Fsp3) is 0.391. The van der Waals surface area contributed by atoms with Crippen LogP contribution >= 0.6 is 22.9 Å². The molecule has 7 nitrogen and oxygen atoms in total. The molecule has 0 bridgehead atoms. The van der Waals surface area contributed by atoms with E-state index < -0.39 is 9.84 Å². The summed E-state index contributed by atoms with van der Waals surface area (Å²) in [5, 5.41) is 1.04. The zero-order valence-electron chi connectivity index (χ0n) is 18.2. The minimum Gasteiger partial charge on any atom is -0.494 e. The second kappa shape index (κ2) is 10.4. The number of para-hydroxylation sites is 1. The number of ether oxygens (including phenoxy) is 2. The third kappa shape index (κ3) is 5.66. The van der Waals surface area contributed by atoms with Gasteiger partial charge in [0.25, 0.3) is 0 Å². The van der Waals surface area contributed by atoms with Gasteiger partial charge in [-0.15, -0.1) is 0 Å². The Hall–Kier alpha value is -2.20. The lowest BCUT2D eigenvalue weighted by Gasteiger charge is -2.23. The topological polar surface area (TPSA) is 85.8 Å². The first-order valence-electron chi connectivity index (χ1n) is 10.7. The van der Waals surface area contributed by atoms with Crippen molar-refractivity contribution in [2.75, 3.05) is 30.9 Å². The Morgan fingerprint density at radius 2 is 2.06 bits per heavy atom. The first-order chi connectivity index (χ1) is 15.9. The van der Waals surface area contributed by atoms with Crippen LogP contribution in [0, 0.1) is 0 Å². The van der Waals surface area contributed by atoms with Crippen LogP contribution in [0.1, 0.15) is 25.7 Å². The van der Waals surface area contributed by atoms with Gasteiger partial charge in [0.05, 0.1) is 35.1 Å². The van der Waals surface area contributed by atoms with Gasteiger partial charge in [0.1, 0.15) is 11.3 Å². The Morgan fingerprint density at radius 3 is 2.76 bits per heavy atom. The van der Waals surface area contributed by atoms with Crippen molar-refractivity contribution < 1.29 is 22.7 Å². The molecule has 1 unspecified atom stereocenters. The Bertz CT molecular complexity index is 1220. The molecule has 1 amide bonds. The minimum absolute atomic E-state index is 0.0549. The molecular formula is C23H25ClN2O5S2. The first-order valence-corrected chi connectivity index (χ1v) is 13.6. The molecule has 2 aromatic carbocycles. The van der Waals surface area contributed by atoms with Gasteiger partial charge < -0.3 is 9.47 Å². The van der Waals surface area contributed by atoms with Crippen molar-refractivity contribution in [2.45, 2.75) is 36.7 Å². The van der Waals surface area contributed by atoms with Crippen LogP contribution in [-0.2, 0) is 19.4 Å². The summed E-state index contributed by atoms with van der Waals surface area (Å²) in [4.78, 5) is 19.7. The van der Waals surface area contributed by atoms with Crippen LogP contribution in [0.5, 0.6) is 5.75 Å². The van der Waals surface area contributed by atoms with E-state index in [0.717, 1.165) is 17.5 Å². The molecule has 0 spiro atoms. The van der Waals surface area contributed by atoms with Gasteiger partial charge in [-0.2, -0.15) is 0 Å². The van der Waals surface area contributed by atoms with Crippen LogP contribution in [0.15, 0.2) is 47.4 Å². The Labute approximate surface area is 202 Å². The highest BCUT2D eigenvalue weighted by Crippen LogP contribution is 2.35. The molecule has 2 heterocycles. The lowest BCUT2D eigenvalue weighted by atomic mass is 10.2. The van der Waals surface area contributed by atoms with Crippen molar-refractivity contribution >= 4 is 54.0 Å². The number of nitrogens with zero attached hydrogens (tertiary/aromatic N) is 2. The summed E-state index contributed by atoms with van der Waals surface area (Å²) in [6, 6.07) is 11.7. The van der Waals surface area contributed by atoms with Crippen LogP contribution in [0.4, 0.5) is 5.13 Å². The summed E-state index contributed by atoms with van der Waals surface area (Å²) >= 11 is 7.26. The summed E-state index contributed by atoms with van der Waals surface area (Å²) in [7, 11) is -1.91. The highest BCUT2D eigenvalue weighted by Gasteiger charge is 2.27. The van der Waals surface area contributed by atoms with Gasteiger partial charge in [-0.3, -0.25) is 9.69 Å². The molecule has 0 N–H and O–H groups in total. The largest absolute Gasteiger partial charge is 0.494 e. The van der Waals surface area contributed by atoms with E-state index in [0.29, 0.717) is 34.6 Å². The number of anilines is 1. The van der Waals surface area contributed by atoms with Gasteiger partial charge in [0.2, 0.25) is 5.91 Å². The summed E-state index contributed by atoms with van der Waals surface area (Å²) in [5.41, 5.74) is 0.704. The van der Waals surface area contributed by atoms with Crippen molar-refractivity contribution in [3.05, 3.63) is 47.5 Å². The maximum absolute atomic E-state index is 13.2. The van der Waals surface area contributed by atoms with E-state index in [9.17, 15) is 13.2 Å². The maximum atomic E-state index is 13.2. The van der Waals surface area contributed by atoms with E-state index >= 15 is 0 Å². The van der Waals surface area contributed by atoms with Crippen LogP contribution in [0.3, 0.4) is 0 Å². The number of fused-ring (bicyclic) bond motifs is 1. The quantitative estimate of drug-likeness (QED) is 0.415. The van der Waals surface area contributed by atoms with Gasteiger partial charge in [-0.05, 0) is 55.7 Å². The van der Waals surface area contributed by atoms with E-state index in [4.69, 9.17) is 21.1 Å². The fourth-order valence-corrected chi connectivity index (χ4v) is 6.22. The maximum Gasteiger partial charge on any atom is 0.228 e. The van der Waals surface area contributed by atoms with Gasteiger partial charge in [-0.25, -0.2) is 13.4 Å². The SMILES string of the molecule is COc1cccc2sc(N(CC3CCCO3)C(=O)CCCS(=O)(=O)c3ccc(Cl)cc3)nc12. The van der Waals surface area contributed by atoms with Crippen molar-refractivity contribution in [2.24, 2.45) is 0 Å². The number of aromatic nitrogens is 1. The molecule has 1 aromatic heterocycles. The minimum atomic E-state index is -3.50. The highest BCUT2D eigenvalue weighted by molar-refractivity contribution is 7.91. The van der Waals surface area contributed by atoms with Crippen LogP contribution in [0.2, 0.25) is 5.02 Å². The lowest BCUT2D eigenvalue weighted by molar-refractivity contribution is -0.119. The number of carbonyl (C=O) groups excluding carboxylic acids is 1. The molecule has 176 valence electrons. The third-order valence-corrected chi connectivity index (χ3v) is 8.62. The monoisotopic (exact) mass is 508 g/mol. The zero-order chi connectivity index (χ0) is 23.4. The van der Waals surface area contributed by atoms with Crippen molar-refractivity contribution in [3.63, 3.8) is 0 Å². The molecule has 33 heavy (non-hydrogen) atoms. The predicted molar refractivity (Wildman–Crippen MR) is 130 cm³/mol. The summed E-state index contributed by atoms with van der Waals surface area (Å²) < 4.78 is 37.3. The molecule has 0 saturated carbocycles. The number of sulfone groups is 1. The predicted octanol–water partition coefficient (Wildman–Crippen LogP) is 4.72. The number of amides is 1. The van der Waals surface area contributed by atoms with Crippen molar-refractivity contribution in [1.82, 2.24) is 4.98 Å². The Balaban J connectivity index is 1.50. The number of benzene rings is 2. The van der Waals surface area contributed by atoms with E-state index in [1.807, 2.05) is 18.2 Å². The van der Waals surface area contributed by atoms with Crippen molar-refractivity contribution in [1.29, 1.82) is 0 Å². The number of hydrogen-bond acceptors (Lipinski definition) is 7. The van der Waals surface area contributed by atoms with E-state index in [1.54, 1.807) is 24.1 Å². The second-order valence-corrected chi connectivity index (χ2v) is 11.4. The average Bonchev–Trinajstić information content (AvgIpc) is 3.47. The van der Waals surface area contributed by atoms with Crippen molar-refractivity contribution in [3.8, 4) is 5.75 Å². The molecule has 1 atom stereocenters. The van der Waals surface area contributed by atoms with E-state index in [2.05, 4.69) is 4.98 Å². The van der Waals surface area contributed by atoms with E-state index in [-0.39, 0.29) is 35.5 Å². The summed E-state index contributed by atoms with van der Waals surface area (Å²) in [5.74, 6) is 0.352. The number of rotatable bonds is 9. The fourth-order valence-electron chi connectivity index (χ4n) is 3.78. The normalized spacial score (nSPS) is 16.2. The second-order valence-electron chi connectivity index (χ2n) is 7.82. The lowest BCUT2D eigenvalue weighted by Crippen LogP contribution is -2.37. The van der Waals surface area contributed by atoms with Gasteiger partial charge in [0.15, 0.2) is 15.0 Å². The van der Waals surface area contributed by atoms with Crippen LogP contribution < -0.4 is 9.64 Å². The number of thiazole rings is 1. The summed E-state index contributed by atoms with van der Waals surface area (Å²) in [6.45, 7) is 1.07. The Morgan fingerprint density at radius 1 is 1.27 bits per heavy atom. The molecule has 0 radical (unpaired) electrons. The third-order valence-electron chi connectivity index (χ3n) is 5.51. The molecule has 1 fully saturated rings. The zero-order valence-corrected chi connectivity index (χ0v) is 20.6. The Kier molecular flexibility index (Phi) is 7.53. The number of halogens is 1. The molecule has 4 rings (SSSR count). The number of carbonyl (C=O) groups is 1. The average molecular weight is 509 g/mol. The van der Waals surface area contributed by atoms with Gasteiger partial charge >= 0.3 is 0 Å². The molecule has 3 aromatic rings. The molecule has 10 heteroatoms. The molecule has 1 aliphatic heterocycles. The molecule has 1 saturated heterocycles.